The maximum Gasteiger partial charge on any atom is 0.245 e. The average molecular weight is 317 g/mol. The zero-order valence-electron chi connectivity index (χ0n) is 13.2. The van der Waals surface area contributed by atoms with Gasteiger partial charge < -0.3 is 14.5 Å². The fourth-order valence-electron chi connectivity index (χ4n) is 3.43. The third kappa shape index (κ3) is 3.02. The fraction of sp³-hybridized carbons (Fsp3) is 0.529. The van der Waals surface area contributed by atoms with Crippen molar-refractivity contribution in [2.24, 2.45) is 0 Å². The molecule has 1 aromatic carbocycles. The second kappa shape index (κ2) is 6.55. The fourth-order valence-corrected chi connectivity index (χ4v) is 3.43. The molecule has 0 aromatic heterocycles. The van der Waals surface area contributed by atoms with Gasteiger partial charge in [-0.3, -0.25) is 4.79 Å². The number of carbonyl (C=O) groups is 1. The second-order valence-corrected chi connectivity index (χ2v) is 6.07. The second-order valence-electron chi connectivity index (χ2n) is 6.07. The molecule has 1 amide bonds. The van der Waals surface area contributed by atoms with Crippen LogP contribution in [0.5, 0.6) is 0 Å². The Balaban J connectivity index is 1.88. The first-order chi connectivity index (χ1) is 11.1. The molecule has 5 nitrogen and oxygen atoms in total. The number of benzene rings is 1. The predicted molar refractivity (Wildman–Crippen MR) is 83.5 cm³/mol. The summed E-state index contributed by atoms with van der Waals surface area (Å²) in [6.07, 6.45) is 2.52. The minimum Gasteiger partial charge on any atom is -0.380 e. The number of nitrogens with zero attached hydrogens (tertiary/aromatic N) is 3. The smallest absolute Gasteiger partial charge is 0.245 e. The van der Waals surface area contributed by atoms with Crippen molar-refractivity contribution in [1.29, 1.82) is 5.26 Å². The van der Waals surface area contributed by atoms with Crippen LogP contribution in [0, 0.1) is 17.1 Å². The molecule has 0 aliphatic carbocycles. The molecule has 2 heterocycles. The molecule has 1 aromatic rings. The van der Waals surface area contributed by atoms with Crippen molar-refractivity contribution in [1.82, 2.24) is 4.90 Å². The zero-order valence-corrected chi connectivity index (χ0v) is 13.2. The number of hydrogen-bond donors (Lipinski definition) is 0. The van der Waals surface area contributed by atoms with Gasteiger partial charge in [0.15, 0.2) is 0 Å². The van der Waals surface area contributed by atoms with Crippen LogP contribution in [-0.2, 0) is 9.53 Å². The highest BCUT2D eigenvalue weighted by molar-refractivity contribution is 5.86. The van der Waals surface area contributed by atoms with E-state index in [4.69, 9.17) is 10.00 Å². The highest BCUT2D eigenvalue weighted by Gasteiger charge is 2.40. The van der Waals surface area contributed by atoms with Gasteiger partial charge in [0.1, 0.15) is 11.9 Å². The van der Waals surface area contributed by atoms with Gasteiger partial charge >= 0.3 is 0 Å². The lowest BCUT2D eigenvalue weighted by Crippen LogP contribution is -2.45. The van der Waals surface area contributed by atoms with Crippen molar-refractivity contribution in [3.05, 3.63) is 29.6 Å². The van der Waals surface area contributed by atoms with Gasteiger partial charge in [0.05, 0.1) is 23.4 Å². The Labute approximate surface area is 135 Å². The monoisotopic (exact) mass is 317 g/mol. The minimum absolute atomic E-state index is 0.0470. The van der Waals surface area contributed by atoms with Crippen molar-refractivity contribution in [3.63, 3.8) is 0 Å². The molecular weight excluding hydrogens is 297 g/mol. The van der Waals surface area contributed by atoms with Crippen molar-refractivity contribution in [2.45, 2.75) is 31.4 Å². The molecule has 23 heavy (non-hydrogen) atoms. The Morgan fingerprint density at radius 1 is 1.39 bits per heavy atom. The topological polar surface area (TPSA) is 56.6 Å². The summed E-state index contributed by atoms with van der Waals surface area (Å²) < 4.78 is 19.8. The molecule has 2 aliphatic rings. The summed E-state index contributed by atoms with van der Waals surface area (Å²) in [5, 5.41) is 8.87. The van der Waals surface area contributed by atoms with E-state index < -0.39 is 11.9 Å². The van der Waals surface area contributed by atoms with E-state index in [2.05, 4.69) is 0 Å². The predicted octanol–water partition coefficient (Wildman–Crippen LogP) is 1.91. The zero-order chi connectivity index (χ0) is 16.4. The van der Waals surface area contributed by atoms with Crippen LogP contribution < -0.4 is 4.90 Å². The van der Waals surface area contributed by atoms with Gasteiger partial charge in [0, 0.05) is 33.2 Å². The Morgan fingerprint density at radius 3 is 2.74 bits per heavy atom. The number of nitriles is 1. The quantitative estimate of drug-likeness (QED) is 0.854. The highest BCUT2D eigenvalue weighted by Crippen LogP contribution is 2.31. The number of likely N-dealkylation sites (tertiary alicyclic amines) is 1. The largest absolute Gasteiger partial charge is 0.380 e. The molecule has 0 radical (unpaired) electrons. The summed E-state index contributed by atoms with van der Waals surface area (Å²) in [6, 6.07) is 5.90. The lowest BCUT2D eigenvalue weighted by molar-refractivity contribution is -0.131. The number of carbonyl (C=O) groups excluding carboxylic acids is 1. The Kier molecular flexibility index (Phi) is 4.49. The number of halogens is 1. The molecule has 2 atom stereocenters. The van der Waals surface area contributed by atoms with Crippen LogP contribution in [0.1, 0.15) is 24.8 Å². The standard InChI is InChI=1S/C17H20FN3O2/c1-23-13-9-16(17(22)20-6-2-3-7-20)21(11-13)15-5-4-12(10-19)8-14(15)18/h4-5,8,13,16H,2-3,6-7,9,11H2,1H3/t13-,16-/m0/s1. The van der Waals surface area contributed by atoms with E-state index in [0.29, 0.717) is 18.7 Å². The summed E-state index contributed by atoms with van der Waals surface area (Å²) in [5.41, 5.74) is 0.636. The lowest BCUT2D eigenvalue weighted by Gasteiger charge is -2.29. The van der Waals surface area contributed by atoms with Crippen molar-refractivity contribution in [2.75, 3.05) is 31.6 Å². The number of ether oxygens (including phenoxy) is 1. The molecule has 122 valence electrons. The van der Waals surface area contributed by atoms with E-state index in [1.165, 1.54) is 6.07 Å². The summed E-state index contributed by atoms with van der Waals surface area (Å²) in [7, 11) is 1.61. The molecule has 0 N–H and O–H groups in total. The third-order valence-corrected chi connectivity index (χ3v) is 4.69. The van der Waals surface area contributed by atoms with Crippen LogP contribution in [0.2, 0.25) is 0 Å². The molecule has 6 heteroatoms. The van der Waals surface area contributed by atoms with Gasteiger partial charge in [-0.25, -0.2) is 4.39 Å². The molecule has 0 saturated carbocycles. The Hall–Kier alpha value is -2.13. The van der Waals surface area contributed by atoms with Crippen molar-refractivity contribution in [3.8, 4) is 6.07 Å². The van der Waals surface area contributed by atoms with E-state index in [0.717, 1.165) is 25.9 Å². The van der Waals surface area contributed by atoms with Gasteiger partial charge in [-0.2, -0.15) is 5.26 Å². The third-order valence-electron chi connectivity index (χ3n) is 4.69. The first-order valence-electron chi connectivity index (χ1n) is 7.92. The Morgan fingerprint density at radius 2 is 2.13 bits per heavy atom. The summed E-state index contributed by atoms with van der Waals surface area (Å²) in [6.45, 7) is 2.02. The number of anilines is 1. The normalized spacial score (nSPS) is 24.0. The van der Waals surface area contributed by atoms with Crippen LogP contribution in [0.4, 0.5) is 10.1 Å². The Bertz CT molecular complexity index is 637. The number of hydrogen-bond acceptors (Lipinski definition) is 4. The number of amides is 1. The molecule has 0 bridgehead atoms. The maximum absolute atomic E-state index is 14.4. The molecule has 2 fully saturated rings. The van der Waals surface area contributed by atoms with Crippen LogP contribution in [0.15, 0.2) is 18.2 Å². The molecule has 2 saturated heterocycles. The highest BCUT2D eigenvalue weighted by atomic mass is 19.1. The summed E-state index contributed by atoms with van der Waals surface area (Å²) in [5.74, 6) is -0.425. The van der Waals surface area contributed by atoms with Gasteiger partial charge in [-0.1, -0.05) is 0 Å². The van der Waals surface area contributed by atoms with Crippen molar-refractivity contribution < 1.29 is 13.9 Å². The SMILES string of the molecule is CO[C@H]1C[C@@H](C(=O)N2CCCC2)N(c2ccc(C#N)cc2F)C1. The lowest BCUT2D eigenvalue weighted by atomic mass is 10.1. The van der Waals surface area contributed by atoms with E-state index in [1.54, 1.807) is 24.1 Å². The molecular formula is C17H20FN3O2. The van der Waals surface area contributed by atoms with E-state index in [1.807, 2.05) is 11.0 Å². The molecule has 0 unspecified atom stereocenters. The van der Waals surface area contributed by atoms with Gasteiger partial charge in [-0.05, 0) is 31.0 Å². The summed E-state index contributed by atoms with van der Waals surface area (Å²) >= 11 is 0. The minimum atomic E-state index is -0.472. The first kappa shape index (κ1) is 15.8. The first-order valence-corrected chi connectivity index (χ1v) is 7.92. The average Bonchev–Trinajstić information content (AvgIpc) is 3.23. The van der Waals surface area contributed by atoms with Gasteiger partial charge in [-0.15, -0.1) is 0 Å². The number of methoxy groups -OCH3 is 1. The van der Waals surface area contributed by atoms with Crippen molar-refractivity contribution >= 4 is 11.6 Å². The molecule has 2 aliphatic heterocycles. The van der Waals surface area contributed by atoms with Crippen LogP contribution in [0.25, 0.3) is 0 Å². The van der Waals surface area contributed by atoms with E-state index >= 15 is 0 Å². The van der Waals surface area contributed by atoms with Gasteiger partial charge in [0.25, 0.3) is 0 Å². The number of rotatable bonds is 3. The van der Waals surface area contributed by atoms with Crippen LogP contribution >= 0.6 is 0 Å². The van der Waals surface area contributed by atoms with E-state index in [9.17, 15) is 9.18 Å². The van der Waals surface area contributed by atoms with Crippen LogP contribution in [0.3, 0.4) is 0 Å². The summed E-state index contributed by atoms with van der Waals surface area (Å²) in [4.78, 5) is 16.4. The maximum atomic E-state index is 14.4. The molecule has 0 spiro atoms. The van der Waals surface area contributed by atoms with Gasteiger partial charge in [0.2, 0.25) is 5.91 Å². The van der Waals surface area contributed by atoms with E-state index in [-0.39, 0.29) is 17.6 Å². The van der Waals surface area contributed by atoms with Crippen LogP contribution in [-0.4, -0.2) is 49.7 Å². The molecule has 3 rings (SSSR count).